The Kier molecular flexibility index (Phi) is 5.49. The first-order valence-electron chi connectivity index (χ1n) is 9.07. The van der Waals surface area contributed by atoms with E-state index in [1.54, 1.807) is 10.6 Å². The van der Waals surface area contributed by atoms with Gasteiger partial charge in [0.1, 0.15) is 12.0 Å². The molecule has 3 aromatic rings. The van der Waals surface area contributed by atoms with Gasteiger partial charge in [-0.2, -0.15) is 10.1 Å². The van der Waals surface area contributed by atoms with Crippen LogP contribution in [0.15, 0.2) is 30.6 Å². The van der Waals surface area contributed by atoms with E-state index in [1.165, 1.54) is 12.4 Å². The van der Waals surface area contributed by atoms with Crippen molar-refractivity contribution in [2.24, 2.45) is 5.92 Å². The monoisotopic (exact) mass is 425 g/mol. The molecule has 0 aliphatic carbocycles. The maximum atomic E-state index is 13.3. The number of rotatable bonds is 4. The highest BCUT2D eigenvalue weighted by Gasteiger charge is 2.31. The van der Waals surface area contributed by atoms with E-state index < -0.39 is 6.43 Å². The lowest BCUT2D eigenvalue weighted by Gasteiger charge is -2.37. The Hall–Kier alpha value is -1.83. The van der Waals surface area contributed by atoms with Crippen molar-refractivity contribution in [3.05, 3.63) is 57.6 Å². The van der Waals surface area contributed by atoms with Crippen LogP contribution in [0.5, 0.6) is 0 Å². The Morgan fingerprint density at radius 2 is 2.04 bits per heavy atom. The van der Waals surface area contributed by atoms with Gasteiger partial charge in [0.2, 0.25) is 0 Å². The quantitative estimate of drug-likeness (QED) is 0.590. The summed E-state index contributed by atoms with van der Waals surface area (Å²) in [6.45, 7) is 4.51. The van der Waals surface area contributed by atoms with Gasteiger partial charge in [0.15, 0.2) is 0 Å². The van der Waals surface area contributed by atoms with Crippen molar-refractivity contribution in [3.63, 3.8) is 0 Å². The van der Waals surface area contributed by atoms with E-state index >= 15 is 0 Å². The van der Waals surface area contributed by atoms with Gasteiger partial charge in [0.25, 0.3) is 12.2 Å². The van der Waals surface area contributed by atoms with Gasteiger partial charge in [-0.05, 0) is 42.6 Å². The summed E-state index contributed by atoms with van der Waals surface area (Å²) < 4.78 is 28.2. The molecule has 28 heavy (non-hydrogen) atoms. The average molecular weight is 426 g/mol. The lowest BCUT2D eigenvalue weighted by atomic mass is 9.84. The number of likely N-dealkylation sites (tertiary alicyclic amines) is 1. The zero-order chi connectivity index (χ0) is 19.8. The highest BCUT2D eigenvalue weighted by Crippen LogP contribution is 2.34. The summed E-state index contributed by atoms with van der Waals surface area (Å²) in [7, 11) is 0. The van der Waals surface area contributed by atoms with Crippen molar-refractivity contribution in [1.29, 1.82) is 0 Å². The van der Waals surface area contributed by atoms with E-state index in [0.29, 0.717) is 22.5 Å². The molecule has 148 valence electrons. The minimum Gasteiger partial charge on any atom is -0.298 e. The molecule has 0 saturated carbocycles. The van der Waals surface area contributed by atoms with Crippen molar-refractivity contribution in [3.8, 4) is 0 Å². The first kappa shape index (κ1) is 19.5. The zero-order valence-corrected chi connectivity index (χ0v) is 16.7. The minimum absolute atomic E-state index is 0.0428. The second-order valence-electron chi connectivity index (χ2n) is 7.23. The summed E-state index contributed by atoms with van der Waals surface area (Å²) in [5.74, 6) is 0.577. The van der Waals surface area contributed by atoms with Gasteiger partial charge < -0.3 is 0 Å². The molecule has 0 spiro atoms. The van der Waals surface area contributed by atoms with Crippen LogP contribution in [-0.4, -0.2) is 37.6 Å². The van der Waals surface area contributed by atoms with Crippen LogP contribution in [0.25, 0.3) is 5.78 Å². The number of halogens is 4. The molecule has 0 unspecified atom stereocenters. The lowest BCUT2D eigenvalue weighted by molar-refractivity contribution is 0.143. The number of alkyl halides is 2. The maximum absolute atomic E-state index is 13.3. The Morgan fingerprint density at radius 3 is 2.79 bits per heavy atom. The summed E-state index contributed by atoms with van der Waals surface area (Å²) in [6, 6.07) is 7.09. The van der Waals surface area contributed by atoms with Crippen LogP contribution in [0.2, 0.25) is 10.0 Å². The summed E-state index contributed by atoms with van der Waals surface area (Å²) in [5, 5.41) is 5.26. The highest BCUT2D eigenvalue weighted by atomic mass is 35.5. The molecule has 1 aliphatic rings. The second-order valence-corrected chi connectivity index (χ2v) is 8.05. The first-order valence-corrected chi connectivity index (χ1v) is 9.83. The van der Waals surface area contributed by atoms with E-state index in [1.807, 2.05) is 12.1 Å². The van der Waals surface area contributed by atoms with Crippen molar-refractivity contribution in [2.75, 3.05) is 13.1 Å². The van der Waals surface area contributed by atoms with Crippen molar-refractivity contribution >= 4 is 29.0 Å². The predicted octanol–water partition coefficient (Wildman–Crippen LogP) is 4.99. The normalized spacial score (nSPS) is 20.9. The molecular formula is C19H19Cl2F2N5. The molecule has 4 rings (SSSR count). The van der Waals surface area contributed by atoms with Gasteiger partial charge in [0, 0.05) is 19.0 Å². The minimum atomic E-state index is -2.65. The molecule has 1 aliphatic heterocycles. The molecule has 5 nitrogen and oxygen atoms in total. The van der Waals surface area contributed by atoms with Crippen LogP contribution < -0.4 is 0 Å². The van der Waals surface area contributed by atoms with Gasteiger partial charge in [0.05, 0.1) is 15.7 Å². The van der Waals surface area contributed by atoms with Gasteiger partial charge in [-0.1, -0.05) is 36.2 Å². The number of aromatic nitrogens is 4. The third-order valence-corrected chi connectivity index (χ3v) is 6.07. The zero-order valence-electron chi connectivity index (χ0n) is 15.2. The third kappa shape index (κ3) is 3.83. The number of benzene rings is 1. The number of nitrogens with zero attached hydrogens (tertiary/aromatic N) is 5. The first-order chi connectivity index (χ1) is 13.4. The molecule has 2 aromatic heterocycles. The van der Waals surface area contributed by atoms with Crippen LogP contribution in [0.4, 0.5) is 8.78 Å². The second kappa shape index (κ2) is 7.89. The fourth-order valence-electron chi connectivity index (χ4n) is 3.79. The molecule has 0 N–H and O–H groups in total. The number of fused-ring (bicyclic) bond motifs is 1. The fourth-order valence-corrected chi connectivity index (χ4v) is 4.11. The molecule has 1 saturated heterocycles. The topological polar surface area (TPSA) is 46.3 Å². The molecule has 0 amide bonds. The van der Waals surface area contributed by atoms with Crippen molar-refractivity contribution in [1.82, 2.24) is 24.5 Å². The fraction of sp³-hybridized carbons (Fsp3) is 0.421. The Morgan fingerprint density at radius 1 is 1.21 bits per heavy atom. The highest BCUT2D eigenvalue weighted by molar-refractivity contribution is 6.42. The average Bonchev–Trinajstić information content (AvgIpc) is 3.14. The SMILES string of the molecule is C[C@@H]1CCN(Cc2ccc(Cl)c(Cl)c2)C[C@H]1c1cc(C(F)F)nc2ncnn12. The summed E-state index contributed by atoms with van der Waals surface area (Å²) >= 11 is 12.1. The molecule has 1 aromatic carbocycles. The number of piperidine rings is 1. The molecule has 9 heteroatoms. The van der Waals surface area contributed by atoms with Crippen LogP contribution in [0, 0.1) is 5.92 Å². The summed E-state index contributed by atoms with van der Waals surface area (Å²) in [4.78, 5) is 10.2. The van der Waals surface area contributed by atoms with E-state index in [0.717, 1.165) is 30.8 Å². The number of hydrogen-bond donors (Lipinski definition) is 0. The maximum Gasteiger partial charge on any atom is 0.280 e. The largest absolute Gasteiger partial charge is 0.298 e. The molecule has 0 bridgehead atoms. The van der Waals surface area contributed by atoms with E-state index in [9.17, 15) is 8.78 Å². The van der Waals surface area contributed by atoms with Crippen LogP contribution in [0.1, 0.15) is 42.6 Å². The van der Waals surface area contributed by atoms with Gasteiger partial charge in [-0.3, -0.25) is 4.90 Å². The van der Waals surface area contributed by atoms with Crippen LogP contribution in [0.3, 0.4) is 0 Å². The van der Waals surface area contributed by atoms with Gasteiger partial charge >= 0.3 is 0 Å². The Labute approximate surface area is 171 Å². The smallest absolute Gasteiger partial charge is 0.280 e. The van der Waals surface area contributed by atoms with E-state index in [-0.39, 0.29) is 17.4 Å². The predicted molar refractivity (Wildman–Crippen MR) is 104 cm³/mol. The van der Waals surface area contributed by atoms with Crippen molar-refractivity contribution < 1.29 is 8.78 Å². The summed E-state index contributed by atoms with van der Waals surface area (Å²) in [5.41, 5.74) is 1.53. The lowest BCUT2D eigenvalue weighted by Crippen LogP contribution is -2.38. The molecule has 0 radical (unpaired) electrons. The van der Waals surface area contributed by atoms with Crippen LogP contribution >= 0.6 is 23.2 Å². The molecular weight excluding hydrogens is 407 g/mol. The Balaban J connectivity index is 1.63. The van der Waals surface area contributed by atoms with Crippen molar-refractivity contribution in [2.45, 2.75) is 32.2 Å². The standard InChI is InChI=1S/C19H19Cl2F2N5/c1-11-4-5-27(8-12-2-3-14(20)15(21)6-12)9-13(11)17-7-16(18(22)23)26-19-24-10-25-28(17)19/h2-3,6-7,10-11,13,18H,4-5,8-9H2,1H3/t11-,13-/m1/s1. The third-order valence-electron chi connectivity index (χ3n) is 5.34. The van der Waals surface area contributed by atoms with Gasteiger partial charge in [-0.25, -0.2) is 18.3 Å². The van der Waals surface area contributed by atoms with Crippen LogP contribution in [-0.2, 0) is 6.54 Å². The van der Waals surface area contributed by atoms with E-state index in [4.69, 9.17) is 23.2 Å². The molecule has 2 atom stereocenters. The molecule has 1 fully saturated rings. The Bertz CT molecular complexity index is 994. The molecule has 3 heterocycles. The summed E-state index contributed by atoms with van der Waals surface area (Å²) in [6.07, 6.45) is -0.344. The van der Waals surface area contributed by atoms with E-state index in [2.05, 4.69) is 26.9 Å². The van der Waals surface area contributed by atoms with Gasteiger partial charge in [-0.15, -0.1) is 0 Å². The number of hydrogen-bond acceptors (Lipinski definition) is 4.